The first kappa shape index (κ1) is 13.5. The zero-order valence-electron chi connectivity index (χ0n) is 11.5. The van der Waals surface area contributed by atoms with Gasteiger partial charge in [-0.3, -0.25) is 4.98 Å². The van der Waals surface area contributed by atoms with Crippen LogP contribution >= 0.6 is 0 Å². The van der Waals surface area contributed by atoms with Gasteiger partial charge < -0.3 is 10.5 Å². The number of hydrogen-bond donors (Lipinski definition) is 1. The highest BCUT2D eigenvalue weighted by molar-refractivity contribution is 5.58. The summed E-state index contributed by atoms with van der Waals surface area (Å²) in [5.74, 6) is 1.19. The third-order valence-electron chi connectivity index (χ3n) is 2.88. The molecule has 1 aromatic carbocycles. The van der Waals surface area contributed by atoms with Crippen LogP contribution in [-0.4, -0.2) is 15.0 Å². The fourth-order valence-corrected chi connectivity index (χ4v) is 1.83. The average Bonchev–Trinajstić information content (AvgIpc) is 2.58. The number of anilines is 1. The van der Waals surface area contributed by atoms with Gasteiger partial charge in [0.05, 0.1) is 17.8 Å². The van der Waals surface area contributed by atoms with Gasteiger partial charge in [0.2, 0.25) is 5.88 Å². The normalized spacial score (nSPS) is 9.95. The van der Waals surface area contributed by atoms with Crippen LogP contribution < -0.4 is 10.5 Å². The second kappa shape index (κ2) is 5.89. The fraction of sp³-hybridized carbons (Fsp3) is 0. The smallest absolute Gasteiger partial charge is 0.246 e. The maximum absolute atomic E-state index is 8.91. The molecule has 6 heteroatoms. The van der Waals surface area contributed by atoms with E-state index in [1.54, 1.807) is 42.7 Å². The monoisotopic (exact) mass is 289 g/mol. The van der Waals surface area contributed by atoms with Crippen molar-refractivity contribution >= 4 is 5.69 Å². The van der Waals surface area contributed by atoms with Crippen LogP contribution in [0, 0.1) is 11.3 Å². The minimum Gasteiger partial charge on any atom is -0.437 e. The predicted molar refractivity (Wildman–Crippen MR) is 80.9 cm³/mol. The lowest BCUT2D eigenvalue weighted by atomic mass is 10.2. The van der Waals surface area contributed by atoms with Crippen molar-refractivity contribution < 1.29 is 4.74 Å². The van der Waals surface area contributed by atoms with Gasteiger partial charge >= 0.3 is 0 Å². The van der Waals surface area contributed by atoms with Crippen molar-refractivity contribution in [2.45, 2.75) is 0 Å². The summed E-state index contributed by atoms with van der Waals surface area (Å²) in [5.41, 5.74) is 7.43. The lowest BCUT2D eigenvalue weighted by molar-refractivity contribution is 0.465. The van der Waals surface area contributed by atoms with Crippen LogP contribution in [0.5, 0.6) is 11.6 Å². The van der Waals surface area contributed by atoms with Crippen molar-refractivity contribution in [3.63, 3.8) is 0 Å². The second-order valence-corrected chi connectivity index (χ2v) is 4.44. The van der Waals surface area contributed by atoms with E-state index in [1.807, 2.05) is 6.07 Å². The van der Waals surface area contributed by atoms with E-state index in [1.165, 1.54) is 6.20 Å². The number of rotatable bonds is 3. The summed E-state index contributed by atoms with van der Waals surface area (Å²) in [5, 5.41) is 8.91. The number of aromatic nitrogens is 3. The molecule has 0 saturated carbocycles. The molecule has 0 radical (unpaired) electrons. The van der Waals surface area contributed by atoms with Crippen molar-refractivity contribution in [2.24, 2.45) is 0 Å². The third kappa shape index (κ3) is 2.83. The molecule has 0 bridgehead atoms. The quantitative estimate of drug-likeness (QED) is 0.796. The molecule has 0 spiro atoms. The SMILES string of the molecule is N#Cc1cccc(Oc2nc(-c3cccnc3)ncc2N)c1. The first-order chi connectivity index (χ1) is 10.8. The summed E-state index contributed by atoms with van der Waals surface area (Å²) in [7, 11) is 0. The molecule has 2 N–H and O–H groups in total. The summed E-state index contributed by atoms with van der Waals surface area (Å²) >= 11 is 0. The summed E-state index contributed by atoms with van der Waals surface area (Å²) in [6.07, 6.45) is 4.82. The van der Waals surface area contributed by atoms with Gasteiger partial charge in [-0.15, -0.1) is 0 Å². The Hall–Kier alpha value is -3.46. The summed E-state index contributed by atoms with van der Waals surface area (Å²) in [6, 6.07) is 12.5. The lowest BCUT2D eigenvalue weighted by Crippen LogP contribution is -1.99. The summed E-state index contributed by atoms with van der Waals surface area (Å²) in [6.45, 7) is 0. The minimum absolute atomic E-state index is 0.240. The van der Waals surface area contributed by atoms with Gasteiger partial charge in [0, 0.05) is 18.0 Å². The Morgan fingerprint density at radius 1 is 1.14 bits per heavy atom. The van der Waals surface area contributed by atoms with Crippen LogP contribution in [0.3, 0.4) is 0 Å². The number of nitrogen functional groups attached to an aromatic ring is 1. The van der Waals surface area contributed by atoms with E-state index in [2.05, 4.69) is 21.0 Å². The topological polar surface area (TPSA) is 97.7 Å². The van der Waals surface area contributed by atoms with E-state index < -0.39 is 0 Å². The Labute approximate surface area is 126 Å². The molecule has 0 aliphatic carbocycles. The fourth-order valence-electron chi connectivity index (χ4n) is 1.83. The first-order valence-electron chi connectivity index (χ1n) is 6.47. The Morgan fingerprint density at radius 3 is 2.82 bits per heavy atom. The van der Waals surface area contributed by atoms with Gasteiger partial charge in [-0.2, -0.15) is 10.2 Å². The number of nitrogens with zero attached hydrogens (tertiary/aromatic N) is 4. The van der Waals surface area contributed by atoms with E-state index in [0.29, 0.717) is 22.8 Å². The zero-order valence-corrected chi connectivity index (χ0v) is 11.5. The highest BCUT2D eigenvalue weighted by Crippen LogP contribution is 2.27. The number of nitrogens with two attached hydrogens (primary N) is 1. The van der Waals surface area contributed by atoms with Gasteiger partial charge in [-0.25, -0.2) is 4.98 Å². The van der Waals surface area contributed by atoms with Gasteiger partial charge in [0.25, 0.3) is 0 Å². The Morgan fingerprint density at radius 2 is 2.05 bits per heavy atom. The molecule has 0 aliphatic heterocycles. The van der Waals surface area contributed by atoms with Crippen LogP contribution in [0.4, 0.5) is 5.69 Å². The van der Waals surface area contributed by atoms with Crippen LogP contribution in [0.2, 0.25) is 0 Å². The average molecular weight is 289 g/mol. The van der Waals surface area contributed by atoms with Crippen LogP contribution in [0.15, 0.2) is 55.0 Å². The summed E-state index contributed by atoms with van der Waals surface area (Å²) in [4.78, 5) is 12.5. The first-order valence-corrected chi connectivity index (χ1v) is 6.47. The number of benzene rings is 1. The van der Waals surface area contributed by atoms with E-state index in [-0.39, 0.29) is 5.88 Å². The standard InChI is InChI=1S/C16H11N5O/c17-8-11-3-1-5-13(7-11)22-16-14(18)10-20-15(21-16)12-4-2-6-19-9-12/h1-7,9-10H,18H2. The van der Waals surface area contributed by atoms with Crippen molar-refractivity contribution in [2.75, 3.05) is 5.73 Å². The van der Waals surface area contributed by atoms with E-state index in [0.717, 1.165) is 5.56 Å². The van der Waals surface area contributed by atoms with Gasteiger partial charge in [0.1, 0.15) is 11.4 Å². The molecule has 0 aliphatic rings. The molecule has 22 heavy (non-hydrogen) atoms. The molecule has 2 heterocycles. The van der Waals surface area contributed by atoms with Crippen LogP contribution in [0.1, 0.15) is 5.56 Å². The second-order valence-electron chi connectivity index (χ2n) is 4.44. The predicted octanol–water partition coefficient (Wildman–Crippen LogP) is 2.78. The van der Waals surface area contributed by atoms with Gasteiger partial charge in [-0.1, -0.05) is 6.07 Å². The van der Waals surface area contributed by atoms with Crippen molar-refractivity contribution in [3.05, 3.63) is 60.6 Å². The molecular weight excluding hydrogens is 278 g/mol. The zero-order chi connectivity index (χ0) is 15.4. The molecule has 0 amide bonds. The minimum atomic E-state index is 0.240. The number of nitriles is 1. The van der Waals surface area contributed by atoms with Gasteiger partial charge in [-0.05, 0) is 30.3 Å². The molecule has 0 saturated heterocycles. The molecule has 106 valence electrons. The van der Waals surface area contributed by atoms with Crippen molar-refractivity contribution in [3.8, 4) is 29.1 Å². The van der Waals surface area contributed by atoms with Crippen molar-refractivity contribution in [1.29, 1.82) is 5.26 Å². The van der Waals surface area contributed by atoms with E-state index in [4.69, 9.17) is 15.7 Å². The van der Waals surface area contributed by atoms with Crippen LogP contribution in [0.25, 0.3) is 11.4 Å². The Balaban J connectivity index is 1.95. The lowest BCUT2D eigenvalue weighted by Gasteiger charge is -2.08. The molecule has 3 rings (SSSR count). The van der Waals surface area contributed by atoms with E-state index >= 15 is 0 Å². The number of hydrogen-bond acceptors (Lipinski definition) is 6. The highest BCUT2D eigenvalue weighted by atomic mass is 16.5. The maximum Gasteiger partial charge on any atom is 0.246 e. The number of pyridine rings is 1. The molecule has 3 aromatic rings. The molecule has 0 fully saturated rings. The summed E-state index contributed by atoms with van der Waals surface area (Å²) < 4.78 is 5.67. The van der Waals surface area contributed by atoms with E-state index in [9.17, 15) is 0 Å². The maximum atomic E-state index is 8.91. The third-order valence-corrected chi connectivity index (χ3v) is 2.88. The molecule has 6 nitrogen and oxygen atoms in total. The molecule has 2 aromatic heterocycles. The Kier molecular flexibility index (Phi) is 3.62. The highest BCUT2D eigenvalue weighted by Gasteiger charge is 2.09. The van der Waals surface area contributed by atoms with Crippen LogP contribution in [-0.2, 0) is 0 Å². The number of ether oxygens (including phenoxy) is 1. The van der Waals surface area contributed by atoms with Gasteiger partial charge in [0.15, 0.2) is 5.82 Å². The van der Waals surface area contributed by atoms with Crippen molar-refractivity contribution in [1.82, 2.24) is 15.0 Å². The molecule has 0 atom stereocenters. The molecular formula is C16H11N5O. The molecule has 0 unspecified atom stereocenters. The Bertz CT molecular complexity index is 843. The largest absolute Gasteiger partial charge is 0.437 e.